The van der Waals surface area contributed by atoms with Crippen LogP contribution in [-0.2, 0) is 16.1 Å². The van der Waals surface area contributed by atoms with Crippen LogP contribution in [-0.4, -0.2) is 64.9 Å². The van der Waals surface area contributed by atoms with E-state index in [4.69, 9.17) is 0 Å². The fourth-order valence-electron chi connectivity index (χ4n) is 6.35. The number of carbonyl (C=O) groups excluding carboxylic acids is 3. The van der Waals surface area contributed by atoms with Gasteiger partial charge in [0.25, 0.3) is 5.91 Å². The molecule has 2 heterocycles. The molecule has 3 fully saturated rings. The quantitative estimate of drug-likeness (QED) is 0.533. The molecule has 2 saturated carbocycles. The fourth-order valence-corrected chi connectivity index (χ4v) is 6.35. The molecule has 2 aliphatic carbocycles. The van der Waals surface area contributed by atoms with Crippen molar-refractivity contribution in [2.45, 2.75) is 101 Å². The zero-order valence-corrected chi connectivity index (χ0v) is 20.6. The molecule has 8 nitrogen and oxygen atoms in total. The molecule has 3 N–H and O–H groups in total. The highest BCUT2D eigenvalue weighted by atomic mass is 19.3. The lowest BCUT2D eigenvalue weighted by Gasteiger charge is -2.42. The van der Waals surface area contributed by atoms with Gasteiger partial charge in [-0.25, -0.2) is 8.78 Å². The van der Waals surface area contributed by atoms with E-state index in [9.17, 15) is 28.3 Å². The summed E-state index contributed by atoms with van der Waals surface area (Å²) in [4.78, 5) is 40.4. The molecule has 4 aliphatic rings. The molecule has 0 spiro atoms. The van der Waals surface area contributed by atoms with E-state index in [2.05, 4.69) is 10.6 Å². The van der Waals surface area contributed by atoms with Gasteiger partial charge >= 0.3 is 0 Å². The standard InChI is InChI=1S/C26H34F2N4O4/c1-31(19-5-3-2-4-18(19)29-15-10-12-26(27,28)13-11-15)20-7-6-16-17(23(20)34)14-32(25(16)36)21-8-9-22(33)30-24(21)35/h6-7,15,18-19,21,29,34H,2-5,8-14H2,1H3,(H,30,33,35). The van der Waals surface area contributed by atoms with E-state index in [1.54, 1.807) is 12.1 Å². The van der Waals surface area contributed by atoms with Gasteiger partial charge in [0.1, 0.15) is 11.8 Å². The first-order valence-corrected chi connectivity index (χ1v) is 13.0. The Hall–Kier alpha value is -2.75. The summed E-state index contributed by atoms with van der Waals surface area (Å²) in [7, 11) is 1.93. The van der Waals surface area contributed by atoms with E-state index in [-0.39, 0.29) is 67.9 Å². The third-order valence-corrected chi connectivity index (χ3v) is 8.44. The molecule has 10 heteroatoms. The normalized spacial score (nSPS) is 28.7. The third kappa shape index (κ3) is 4.67. The molecule has 3 unspecified atom stereocenters. The Morgan fingerprint density at radius 3 is 2.53 bits per heavy atom. The van der Waals surface area contributed by atoms with Crippen molar-refractivity contribution in [3.63, 3.8) is 0 Å². The molecule has 196 valence electrons. The van der Waals surface area contributed by atoms with Crippen LogP contribution in [0, 0.1) is 0 Å². The Kier molecular flexibility index (Phi) is 6.65. The molecule has 1 saturated heterocycles. The average molecular weight is 505 g/mol. The maximum absolute atomic E-state index is 13.6. The summed E-state index contributed by atoms with van der Waals surface area (Å²) in [5.74, 6) is -3.68. The molecule has 3 atom stereocenters. The van der Waals surface area contributed by atoms with E-state index < -0.39 is 17.9 Å². The number of alkyl halides is 2. The minimum atomic E-state index is -2.56. The Morgan fingerprint density at radius 2 is 1.81 bits per heavy atom. The zero-order valence-electron chi connectivity index (χ0n) is 20.6. The Bertz CT molecular complexity index is 1050. The predicted octanol–water partition coefficient (Wildman–Crippen LogP) is 3.07. The topological polar surface area (TPSA) is 102 Å². The lowest BCUT2D eigenvalue weighted by Crippen LogP contribution is -2.54. The summed E-state index contributed by atoms with van der Waals surface area (Å²) < 4.78 is 27.2. The second kappa shape index (κ2) is 9.61. The van der Waals surface area contributed by atoms with Gasteiger partial charge in [-0.2, -0.15) is 0 Å². The number of piperidine rings is 1. The first-order valence-electron chi connectivity index (χ1n) is 13.0. The van der Waals surface area contributed by atoms with Gasteiger partial charge in [-0.3, -0.25) is 19.7 Å². The van der Waals surface area contributed by atoms with Crippen LogP contribution in [0.1, 0.15) is 80.1 Å². The average Bonchev–Trinajstić information content (AvgIpc) is 3.18. The largest absolute Gasteiger partial charge is 0.505 e. The maximum atomic E-state index is 13.6. The Morgan fingerprint density at radius 1 is 1.08 bits per heavy atom. The van der Waals surface area contributed by atoms with Crippen LogP contribution >= 0.6 is 0 Å². The van der Waals surface area contributed by atoms with Crippen molar-refractivity contribution in [2.75, 3.05) is 11.9 Å². The van der Waals surface area contributed by atoms with Crippen LogP contribution in [0.4, 0.5) is 14.5 Å². The number of nitrogens with zero attached hydrogens (tertiary/aromatic N) is 2. The summed E-state index contributed by atoms with van der Waals surface area (Å²) in [6, 6.07) is 2.97. The summed E-state index contributed by atoms with van der Waals surface area (Å²) >= 11 is 0. The maximum Gasteiger partial charge on any atom is 0.255 e. The molecule has 0 bridgehead atoms. The molecular weight excluding hydrogens is 470 g/mol. The van der Waals surface area contributed by atoms with Crippen LogP contribution < -0.4 is 15.5 Å². The van der Waals surface area contributed by atoms with Crippen molar-refractivity contribution >= 4 is 23.4 Å². The van der Waals surface area contributed by atoms with Gasteiger partial charge in [0, 0.05) is 55.6 Å². The molecule has 5 rings (SSSR count). The number of aromatic hydroxyl groups is 1. The van der Waals surface area contributed by atoms with E-state index in [1.807, 2.05) is 11.9 Å². The first kappa shape index (κ1) is 24.9. The number of benzene rings is 1. The van der Waals surface area contributed by atoms with Gasteiger partial charge < -0.3 is 20.2 Å². The number of nitrogens with one attached hydrogen (secondary N) is 2. The number of imide groups is 1. The van der Waals surface area contributed by atoms with Crippen molar-refractivity contribution in [3.05, 3.63) is 23.3 Å². The number of amides is 3. The number of rotatable bonds is 5. The number of likely N-dealkylation sites (N-methyl/N-ethyl adjacent to an activating group) is 1. The van der Waals surface area contributed by atoms with Crippen LogP contribution in [0.3, 0.4) is 0 Å². The number of hydrogen-bond donors (Lipinski definition) is 3. The van der Waals surface area contributed by atoms with Crippen LogP contribution in [0.2, 0.25) is 0 Å². The number of carbonyl (C=O) groups is 3. The SMILES string of the molecule is CN(c1ccc2c(c1O)CN(C1CCC(=O)NC1=O)C2=O)C1CCCCC1NC1CCC(F)(F)CC1. The molecule has 0 radical (unpaired) electrons. The van der Waals surface area contributed by atoms with E-state index in [0.717, 1.165) is 25.7 Å². The summed E-state index contributed by atoms with van der Waals surface area (Å²) in [5, 5.41) is 17.2. The molecule has 1 aromatic rings. The van der Waals surface area contributed by atoms with E-state index in [1.165, 1.54) is 4.90 Å². The predicted molar refractivity (Wildman–Crippen MR) is 129 cm³/mol. The van der Waals surface area contributed by atoms with Gasteiger partial charge in [0.05, 0.1) is 12.2 Å². The minimum absolute atomic E-state index is 0.0276. The highest BCUT2D eigenvalue weighted by molar-refractivity contribution is 6.06. The second-order valence-electron chi connectivity index (χ2n) is 10.7. The van der Waals surface area contributed by atoms with Crippen molar-refractivity contribution < 1.29 is 28.3 Å². The Balaban J connectivity index is 1.32. The van der Waals surface area contributed by atoms with Gasteiger partial charge in [-0.05, 0) is 44.2 Å². The number of phenols is 1. The van der Waals surface area contributed by atoms with Gasteiger partial charge in [-0.1, -0.05) is 12.8 Å². The van der Waals surface area contributed by atoms with E-state index in [0.29, 0.717) is 29.7 Å². The summed E-state index contributed by atoms with van der Waals surface area (Å²) in [5.41, 5.74) is 1.47. The smallest absolute Gasteiger partial charge is 0.255 e. The van der Waals surface area contributed by atoms with Crippen LogP contribution in [0.5, 0.6) is 5.75 Å². The molecule has 1 aromatic carbocycles. The zero-order chi connectivity index (χ0) is 25.6. The number of halogens is 2. The first-order chi connectivity index (χ1) is 17.1. The van der Waals surface area contributed by atoms with Crippen molar-refractivity contribution in [1.82, 2.24) is 15.5 Å². The third-order valence-electron chi connectivity index (χ3n) is 8.44. The summed E-state index contributed by atoms with van der Waals surface area (Å²) in [6.45, 7) is 0.108. The highest BCUT2D eigenvalue weighted by Gasteiger charge is 2.42. The monoisotopic (exact) mass is 504 g/mol. The van der Waals surface area contributed by atoms with Crippen molar-refractivity contribution in [3.8, 4) is 5.75 Å². The van der Waals surface area contributed by atoms with Crippen LogP contribution in [0.25, 0.3) is 0 Å². The second-order valence-corrected chi connectivity index (χ2v) is 10.7. The Labute approximate surface area is 209 Å². The number of phenolic OH excluding ortho intramolecular Hbond substituents is 1. The molecular formula is C26H34F2N4O4. The number of hydrogen-bond acceptors (Lipinski definition) is 6. The lowest BCUT2D eigenvalue weighted by molar-refractivity contribution is -0.136. The van der Waals surface area contributed by atoms with Gasteiger partial charge in [-0.15, -0.1) is 0 Å². The summed E-state index contributed by atoms with van der Waals surface area (Å²) in [6.07, 6.45) is 5.16. The van der Waals surface area contributed by atoms with E-state index >= 15 is 0 Å². The minimum Gasteiger partial charge on any atom is -0.505 e. The lowest BCUT2D eigenvalue weighted by atomic mass is 9.86. The van der Waals surface area contributed by atoms with Crippen LogP contribution in [0.15, 0.2) is 12.1 Å². The van der Waals surface area contributed by atoms with Crippen molar-refractivity contribution in [2.24, 2.45) is 0 Å². The fraction of sp³-hybridized carbons (Fsp3) is 0.654. The highest BCUT2D eigenvalue weighted by Crippen LogP contribution is 2.41. The van der Waals surface area contributed by atoms with Gasteiger partial charge in [0.2, 0.25) is 17.7 Å². The number of fused-ring (bicyclic) bond motifs is 1. The van der Waals surface area contributed by atoms with Gasteiger partial charge in [0.15, 0.2) is 0 Å². The molecule has 0 aromatic heterocycles. The molecule has 36 heavy (non-hydrogen) atoms. The molecule has 3 amide bonds. The number of anilines is 1. The molecule has 2 aliphatic heterocycles. The van der Waals surface area contributed by atoms with Crippen molar-refractivity contribution in [1.29, 1.82) is 0 Å².